The molecular formula is C49H35NS. The molecule has 0 saturated carbocycles. The summed E-state index contributed by atoms with van der Waals surface area (Å²) in [5.74, 6) is 0. The van der Waals surface area contributed by atoms with Crippen molar-refractivity contribution >= 4 is 59.3 Å². The molecule has 2 heteroatoms. The summed E-state index contributed by atoms with van der Waals surface area (Å²) in [6, 6.07) is 64.8. The van der Waals surface area contributed by atoms with Crippen molar-refractivity contribution in [3.63, 3.8) is 0 Å². The van der Waals surface area contributed by atoms with Crippen molar-refractivity contribution in [2.24, 2.45) is 0 Å². The van der Waals surface area contributed by atoms with Gasteiger partial charge in [-0.2, -0.15) is 0 Å². The van der Waals surface area contributed by atoms with Gasteiger partial charge in [-0.1, -0.05) is 141 Å². The van der Waals surface area contributed by atoms with Crippen molar-refractivity contribution in [1.29, 1.82) is 0 Å². The van der Waals surface area contributed by atoms with E-state index in [0.717, 1.165) is 17.1 Å². The molecule has 0 spiro atoms. The fourth-order valence-electron chi connectivity index (χ4n) is 8.35. The van der Waals surface area contributed by atoms with Crippen LogP contribution in [0.1, 0.15) is 25.0 Å². The van der Waals surface area contributed by atoms with E-state index in [1.54, 1.807) is 0 Å². The summed E-state index contributed by atoms with van der Waals surface area (Å²) in [4.78, 5) is 2.44. The summed E-state index contributed by atoms with van der Waals surface area (Å²) >= 11 is 1.88. The highest BCUT2D eigenvalue weighted by atomic mass is 32.1. The number of hydrogen-bond acceptors (Lipinski definition) is 2. The Morgan fingerprint density at radius 1 is 0.431 bits per heavy atom. The van der Waals surface area contributed by atoms with Crippen LogP contribution in [0.3, 0.4) is 0 Å². The SMILES string of the molecule is CC1(C)c2ccccc2-c2cc(N(c3ccc(-c4cccc5sc6cc7ccccc7cc6c45)cc3)c3ccccc3-c3ccccc3)ccc21. The van der Waals surface area contributed by atoms with Crippen LogP contribution in [0.25, 0.3) is 64.3 Å². The van der Waals surface area contributed by atoms with E-state index >= 15 is 0 Å². The van der Waals surface area contributed by atoms with Crippen LogP contribution in [0.4, 0.5) is 17.1 Å². The van der Waals surface area contributed by atoms with Gasteiger partial charge in [0, 0.05) is 42.5 Å². The van der Waals surface area contributed by atoms with Crippen LogP contribution < -0.4 is 4.90 Å². The molecule has 0 aliphatic heterocycles. The van der Waals surface area contributed by atoms with Gasteiger partial charge in [0.05, 0.1) is 5.69 Å². The van der Waals surface area contributed by atoms with Crippen molar-refractivity contribution in [3.05, 3.63) is 187 Å². The first kappa shape index (κ1) is 29.9. The van der Waals surface area contributed by atoms with Gasteiger partial charge in [-0.3, -0.25) is 0 Å². The molecule has 0 radical (unpaired) electrons. The van der Waals surface area contributed by atoms with Crippen LogP contribution in [0.15, 0.2) is 176 Å². The molecule has 242 valence electrons. The van der Waals surface area contributed by atoms with Gasteiger partial charge in [0.1, 0.15) is 0 Å². The van der Waals surface area contributed by atoms with Crippen molar-refractivity contribution in [1.82, 2.24) is 0 Å². The molecule has 0 unspecified atom stereocenters. The maximum Gasteiger partial charge on any atom is 0.0540 e. The third-order valence-corrected chi connectivity index (χ3v) is 12.0. The predicted octanol–water partition coefficient (Wildman–Crippen LogP) is 14.3. The summed E-state index contributed by atoms with van der Waals surface area (Å²) in [6.45, 7) is 4.69. The molecule has 9 aromatic rings. The third-order valence-electron chi connectivity index (χ3n) is 10.9. The first-order chi connectivity index (χ1) is 25.0. The van der Waals surface area contributed by atoms with Gasteiger partial charge in [0.25, 0.3) is 0 Å². The Bertz CT molecular complexity index is 2770. The van der Waals surface area contributed by atoms with Crippen LogP contribution in [0.5, 0.6) is 0 Å². The first-order valence-electron chi connectivity index (χ1n) is 17.7. The Morgan fingerprint density at radius 3 is 1.88 bits per heavy atom. The molecule has 8 aromatic carbocycles. The van der Waals surface area contributed by atoms with Gasteiger partial charge in [0.2, 0.25) is 0 Å². The zero-order valence-corrected chi connectivity index (χ0v) is 29.4. The van der Waals surface area contributed by atoms with Crippen molar-refractivity contribution in [3.8, 4) is 33.4 Å². The number of anilines is 3. The number of hydrogen-bond donors (Lipinski definition) is 0. The van der Waals surface area contributed by atoms with Gasteiger partial charge in [-0.25, -0.2) is 0 Å². The predicted molar refractivity (Wildman–Crippen MR) is 220 cm³/mol. The van der Waals surface area contributed by atoms with Gasteiger partial charge >= 0.3 is 0 Å². The molecule has 0 amide bonds. The molecule has 1 heterocycles. The molecule has 51 heavy (non-hydrogen) atoms. The maximum atomic E-state index is 2.44. The van der Waals surface area contributed by atoms with E-state index in [-0.39, 0.29) is 5.41 Å². The minimum atomic E-state index is -0.0436. The lowest BCUT2D eigenvalue weighted by molar-refractivity contribution is 0.660. The average Bonchev–Trinajstić information content (AvgIpc) is 3.66. The van der Waals surface area contributed by atoms with Crippen molar-refractivity contribution in [2.75, 3.05) is 4.90 Å². The van der Waals surface area contributed by atoms with Crippen LogP contribution in [0.2, 0.25) is 0 Å². The number of fused-ring (bicyclic) bond motifs is 7. The maximum absolute atomic E-state index is 2.44. The summed E-state index contributed by atoms with van der Waals surface area (Å²) in [5.41, 5.74) is 13.7. The molecule has 1 aliphatic carbocycles. The minimum Gasteiger partial charge on any atom is -0.310 e. The molecule has 10 rings (SSSR count). The fraction of sp³-hybridized carbons (Fsp3) is 0.0612. The molecule has 0 fully saturated rings. The van der Waals surface area contributed by atoms with Gasteiger partial charge in [-0.05, 0) is 98.2 Å². The quantitative estimate of drug-likeness (QED) is 0.176. The minimum absolute atomic E-state index is 0.0436. The van der Waals surface area contributed by atoms with Gasteiger partial charge < -0.3 is 4.90 Å². The second-order valence-corrected chi connectivity index (χ2v) is 15.2. The Labute approximate surface area is 302 Å². The number of para-hydroxylation sites is 1. The van der Waals surface area contributed by atoms with E-state index in [1.807, 2.05) is 11.3 Å². The lowest BCUT2D eigenvalue weighted by Crippen LogP contribution is -2.15. The molecule has 1 aliphatic rings. The number of benzene rings is 8. The second kappa shape index (κ2) is 11.6. The Kier molecular flexibility index (Phi) is 6.78. The van der Waals surface area contributed by atoms with E-state index in [1.165, 1.54) is 75.5 Å². The monoisotopic (exact) mass is 669 g/mol. The number of nitrogens with zero attached hydrogens (tertiary/aromatic N) is 1. The van der Waals surface area contributed by atoms with Crippen molar-refractivity contribution < 1.29 is 0 Å². The third kappa shape index (κ3) is 4.75. The second-order valence-electron chi connectivity index (χ2n) is 14.1. The van der Waals surface area contributed by atoms with E-state index in [0.29, 0.717) is 0 Å². The van der Waals surface area contributed by atoms with Gasteiger partial charge in [-0.15, -0.1) is 11.3 Å². The zero-order chi connectivity index (χ0) is 34.1. The van der Waals surface area contributed by atoms with Crippen LogP contribution in [0, 0.1) is 0 Å². The van der Waals surface area contributed by atoms with Gasteiger partial charge in [0.15, 0.2) is 0 Å². The Morgan fingerprint density at radius 2 is 1.06 bits per heavy atom. The lowest BCUT2D eigenvalue weighted by Gasteiger charge is -2.29. The topological polar surface area (TPSA) is 3.24 Å². The van der Waals surface area contributed by atoms with Crippen LogP contribution in [-0.4, -0.2) is 0 Å². The van der Waals surface area contributed by atoms with Crippen LogP contribution >= 0.6 is 11.3 Å². The highest BCUT2D eigenvalue weighted by Crippen LogP contribution is 2.51. The smallest absolute Gasteiger partial charge is 0.0540 e. The molecule has 0 N–H and O–H groups in total. The number of rotatable bonds is 5. The molecule has 0 atom stereocenters. The van der Waals surface area contributed by atoms with E-state index in [4.69, 9.17) is 0 Å². The molecule has 0 bridgehead atoms. The van der Waals surface area contributed by atoms with E-state index < -0.39 is 0 Å². The van der Waals surface area contributed by atoms with Crippen molar-refractivity contribution in [2.45, 2.75) is 19.3 Å². The summed E-state index contributed by atoms with van der Waals surface area (Å²) < 4.78 is 2.65. The standard InChI is InChI=1S/C49H35NS/c1-49(2)43-20-10-8-18-40(43)41-31-37(27-28-44(41)49)50(45-21-11-9-17-38(45)32-13-4-3-5-14-32)36-25-23-33(24-26-36)39-19-12-22-46-48(39)42-29-34-15-6-7-16-35(34)30-47(42)51-46/h3-31H,1-2H3. The fourth-order valence-corrected chi connectivity index (χ4v) is 9.51. The molecule has 0 saturated heterocycles. The first-order valence-corrected chi connectivity index (χ1v) is 18.5. The largest absolute Gasteiger partial charge is 0.310 e. The zero-order valence-electron chi connectivity index (χ0n) is 28.6. The molecule has 1 aromatic heterocycles. The molecular weight excluding hydrogens is 635 g/mol. The summed E-state index contributed by atoms with van der Waals surface area (Å²) in [7, 11) is 0. The highest BCUT2D eigenvalue weighted by molar-refractivity contribution is 7.26. The highest BCUT2D eigenvalue weighted by Gasteiger charge is 2.35. The summed E-state index contributed by atoms with van der Waals surface area (Å²) in [6.07, 6.45) is 0. The average molecular weight is 670 g/mol. The normalized spacial score (nSPS) is 13.1. The summed E-state index contributed by atoms with van der Waals surface area (Å²) in [5, 5.41) is 5.23. The molecule has 1 nitrogen and oxygen atoms in total. The Hall–Kier alpha value is -5.96. The van der Waals surface area contributed by atoms with Crippen LogP contribution in [-0.2, 0) is 5.41 Å². The Balaban J connectivity index is 1.15. The lowest BCUT2D eigenvalue weighted by atomic mass is 9.82. The van der Waals surface area contributed by atoms with E-state index in [9.17, 15) is 0 Å². The van der Waals surface area contributed by atoms with E-state index in [2.05, 4.69) is 195 Å². The number of thiophene rings is 1.